The number of aromatic nitrogens is 2. The van der Waals surface area contributed by atoms with E-state index in [-0.39, 0.29) is 0 Å². The fraction of sp³-hybridized carbons (Fsp3) is 0.700. The number of nitrogens with zero attached hydrogens (tertiary/aromatic N) is 3. The summed E-state index contributed by atoms with van der Waals surface area (Å²) in [5.41, 5.74) is 5.49. The quantitative estimate of drug-likeness (QED) is 0.760. The Morgan fingerprint density at radius 1 is 1.64 bits per heavy atom. The van der Waals surface area contributed by atoms with Gasteiger partial charge in [0.15, 0.2) is 0 Å². The summed E-state index contributed by atoms with van der Waals surface area (Å²) in [4.78, 5) is 6.56. The molecule has 1 fully saturated rings. The smallest absolute Gasteiger partial charge is 0.205 e. The summed E-state index contributed by atoms with van der Waals surface area (Å²) in [7, 11) is 2.08. The van der Waals surface area contributed by atoms with Crippen molar-refractivity contribution in [3.8, 4) is 0 Å². The van der Waals surface area contributed by atoms with Gasteiger partial charge >= 0.3 is 0 Å². The predicted octanol–water partition coefficient (Wildman–Crippen LogP) is 1.00. The third-order valence-electron chi connectivity index (χ3n) is 2.63. The van der Waals surface area contributed by atoms with Crippen molar-refractivity contribution in [2.75, 3.05) is 25.0 Å². The second-order valence-electron chi connectivity index (χ2n) is 3.93. The molecular weight excluding hydrogens is 176 g/mol. The lowest BCUT2D eigenvalue weighted by molar-refractivity contribution is 0.695. The summed E-state index contributed by atoms with van der Waals surface area (Å²) in [6.45, 7) is 1.73. The molecule has 1 aromatic rings. The maximum absolute atomic E-state index is 5.49. The van der Waals surface area contributed by atoms with E-state index in [2.05, 4.69) is 27.7 Å². The summed E-state index contributed by atoms with van der Waals surface area (Å²) in [6.07, 6.45) is 7.58. The molecule has 2 N–H and O–H groups in total. The van der Waals surface area contributed by atoms with Gasteiger partial charge in [-0.1, -0.05) is 0 Å². The predicted molar refractivity (Wildman–Crippen MR) is 57.4 cm³/mol. The second kappa shape index (κ2) is 4.00. The SMILES string of the molecule is CN(CCCN)c1nccn1C1CC1. The van der Waals surface area contributed by atoms with Crippen molar-refractivity contribution in [3.05, 3.63) is 12.4 Å². The fourth-order valence-electron chi connectivity index (χ4n) is 1.67. The molecule has 0 radical (unpaired) electrons. The van der Waals surface area contributed by atoms with E-state index in [1.807, 2.05) is 6.20 Å². The van der Waals surface area contributed by atoms with E-state index in [1.165, 1.54) is 12.8 Å². The van der Waals surface area contributed by atoms with Crippen LogP contribution in [-0.4, -0.2) is 29.7 Å². The van der Waals surface area contributed by atoms with E-state index in [0.717, 1.165) is 25.5 Å². The van der Waals surface area contributed by atoms with Crippen LogP contribution in [0, 0.1) is 0 Å². The molecule has 0 unspecified atom stereocenters. The molecule has 0 aromatic carbocycles. The van der Waals surface area contributed by atoms with E-state index in [0.29, 0.717) is 6.04 Å². The Kier molecular flexibility index (Phi) is 2.72. The molecule has 1 aliphatic rings. The standard InChI is InChI=1S/C10H18N4/c1-13(7-2-5-11)10-12-6-8-14(10)9-3-4-9/h6,8-9H,2-5,7,11H2,1H3. The highest BCUT2D eigenvalue weighted by molar-refractivity contribution is 5.31. The molecule has 4 heteroatoms. The summed E-state index contributed by atoms with van der Waals surface area (Å²) in [5.74, 6) is 1.08. The van der Waals surface area contributed by atoms with Crippen LogP contribution >= 0.6 is 0 Å². The van der Waals surface area contributed by atoms with E-state index in [4.69, 9.17) is 5.73 Å². The van der Waals surface area contributed by atoms with Crippen molar-refractivity contribution >= 4 is 5.95 Å². The first-order chi connectivity index (χ1) is 6.83. The molecule has 0 aliphatic heterocycles. The Morgan fingerprint density at radius 2 is 2.43 bits per heavy atom. The fourth-order valence-corrected chi connectivity index (χ4v) is 1.67. The molecule has 1 heterocycles. The van der Waals surface area contributed by atoms with Crippen LogP contribution in [0.2, 0.25) is 0 Å². The van der Waals surface area contributed by atoms with Gasteiger partial charge in [0.05, 0.1) is 0 Å². The second-order valence-corrected chi connectivity index (χ2v) is 3.93. The molecule has 0 bridgehead atoms. The van der Waals surface area contributed by atoms with Crippen LogP contribution in [-0.2, 0) is 0 Å². The van der Waals surface area contributed by atoms with Crippen LogP contribution in [0.1, 0.15) is 25.3 Å². The molecule has 1 saturated carbocycles. The van der Waals surface area contributed by atoms with E-state index >= 15 is 0 Å². The Hall–Kier alpha value is -1.03. The van der Waals surface area contributed by atoms with Crippen LogP contribution in [0.4, 0.5) is 5.95 Å². The van der Waals surface area contributed by atoms with Crippen molar-refractivity contribution in [2.45, 2.75) is 25.3 Å². The molecule has 0 atom stereocenters. The number of imidazole rings is 1. The minimum atomic E-state index is 0.702. The minimum absolute atomic E-state index is 0.702. The number of hydrogen-bond donors (Lipinski definition) is 1. The summed E-state index contributed by atoms with van der Waals surface area (Å²) >= 11 is 0. The molecule has 0 spiro atoms. The number of anilines is 1. The van der Waals surface area contributed by atoms with Gasteiger partial charge in [0.2, 0.25) is 5.95 Å². The summed E-state index contributed by atoms with van der Waals surface area (Å²) in [5, 5.41) is 0. The van der Waals surface area contributed by atoms with Crippen LogP contribution in [0.15, 0.2) is 12.4 Å². The van der Waals surface area contributed by atoms with Crippen LogP contribution < -0.4 is 10.6 Å². The lowest BCUT2D eigenvalue weighted by atomic mass is 10.4. The maximum Gasteiger partial charge on any atom is 0.205 e. The number of rotatable bonds is 5. The zero-order valence-corrected chi connectivity index (χ0v) is 8.69. The van der Waals surface area contributed by atoms with Crippen LogP contribution in [0.25, 0.3) is 0 Å². The first kappa shape index (κ1) is 9.52. The van der Waals surface area contributed by atoms with Crippen LogP contribution in [0.5, 0.6) is 0 Å². The average molecular weight is 194 g/mol. The molecule has 14 heavy (non-hydrogen) atoms. The highest BCUT2D eigenvalue weighted by atomic mass is 15.3. The molecular formula is C10H18N4. The summed E-state index contributed by atoms with van der Waals surface area (Å²) < 4.78 is 2.27. The van der Waals surface area contributed by atoms with Gasteiger partial charge in [-0.3, -0.25) is 0 Å². The summed E-state index contributed by atoms with van der Waals surface area (Å²) in [6, 6.07) is 0.702. The normalized spacial score (nSPS) is 15.9. The van der Waals surface area contributed by atoms with Crippen molar-refractivity contribution in [1.29, 1.82) is 0 Å². The zero-order valence-electron chi connectivity index (χ0n) is 8.69. The molecule has 1 aromatic heterocycles. The van der Waals surface area contributed by atoms with Gasteiger partial charge in [0.1, 0.15) is 0 Å². The highest BCUT2D eigenvalue weighted by Gasteiger charge is 2.26. The maximum atomic E-state index is 5.49. The van der Waals surface area contributed by atoms with Crippen molar-refractivity contribution < 1.29 is 0 Å². The topological polar surface area (TPSA) is 47.1 Å². The van der Waals surface area contributed by atoms with Crippen molar-refractivity contribution in [2.24, 2.45) is 5.73 Å². The highest BCUT2D eigenvalue weighted by Crippen LogP contribution is 2.37. The van der Waals surface area contributed by atoms with Gasteiger partial charge in [0.25, 0.3) is 0 Å². The van der Waals surface area contributed by atoms with Gasteiger partial charge in [-0.2, -0.15) is 0 Å². The molecule has 78 valence electrons. The minimum Gasteiger partial charge on any atom is -0.345 e. The monoisotopic (exact) mass is 194 g/mol. The first-order valence-electron chi connectivity index (χ1n) is 5.27. The Bertz CT molecular complexity index is 290. The number of hydrogen-bond acceptors (Lipinski definition) is 3. The van der Waals surface area contributed by atoms with E-state index in [1.54, 1.807) is 0 Å². The van der Waals surface area contributed by atoms with Gasteiger partial charge < -0.3 is 15.2 Å². The molecule has 2 rings (SSSR count). The Morgan fingerprint density at radius 3 is 3.07 bits per heavy atom. The van der Waals surface area contributed by atoms with Gasteiger partial charge in [-0.25, -0.2) is 4.98 Å². The Balaban J connectivity index is 2.02. The van der Waals surface area contributed by atoms with Crippen molar-refractivity contribution in [1.82, 2.24) is 9.55 Å². The van der Waals surface area contributed by atoms with E-state index in [9.17, 15) is 0 Å². The lowest BCUT2D eigenvalue weighted by Crippen LogP contribution is -2.24. The largest absolute Gasteiger partial charge is 0.345 e. The first-order valence-corrected chi connectivity index (χ1v) is 5.27. The van der Waals surface area contributed by atoms with Gasteiger partial charge in [-0.15, -0.1) is 0 Å². The molecule has 0 saturated heterocycles. The molecule has 0 amide bonds. The van der Waals surface area contributed by atoms with Crippen LogP contribution in [0.3, 0.4) is 0 Å². The number of nitrogens with two attached hydrogens (primary N) is 1. The van der Waals surface area contributed by atoms with Gasteiger partial charge in [-0.05, 0) is 25.8 Å². The average Bonchev–Trinajstić information content (AvgIpc) is 2.93. The van der Waals surface area contributed by atoms with Gasteiger partial charge in [0, 0.05) is 32.0 Å². The Labute approximate surface area is 84.7 Å². The van der Waals surface area contributed by atoms with Crippen molar-refractivity contribution in [3.63, 3.8) is 0 Å². The molecule has 4 nitrogen and oxygen atoms in total. The third kappa shape index (κ3) is 1.90. The zero-order chi connectivity index (χ0) is 9.97. The molecule has 1 aliphatic carbocycles. The lowest BCUT2D eigenvalue weighted by Gasteiger charge is -2.19. The third-order valence-corrected chi connectivity index (χ3v) is 2.63. The van der Waals surface area contributed by atoms with E-state index < -0.39 is 0 Å².